The topological polar surface area (TPSA) is 92.3 Å². The Morgan fingerprint density at radius 2 is 1.17 bits per heavy atom. The molecule has 0 bridgehead atoms. The van der Waals surface area contributed by atoms with Crippen LogP contribution in [0.1, 0.15) is 84.1 Å². The molecule has 6 nitrogen and oxygen atoms in total. The molecule has 228 valence electrons. The Morgan fingerprint density at radius 3 is 1.60 bits per heavy atom. The van der Waals surface area contributed by atoms with Crippen LogP contribution in [-0.4, -0.2) is 24.0 Å². The summed E-state index contributed by atoms with van der Waals surface area (Å²) < 4.78 is 0. The van der Waals surface area contributed by atoms with Crippen LogP contribution in [0.15, 0.2) is 97.2 Å². The zero-order chi connectivity index (χ0) is 31.3. The van der Waals surface area contributed by atoms with Crippen molar-refractivity contribution in [2.45, 2.75) is 91.5 Å². The maximum absolute atomic E-state index is 12.8. The number of allylic oxidation sites excluding steroid dienone is 12. The van der Waals surface area contributed by atoms with Gasteiger partial charge in [-0.25, -0.2) is 0 Å². The van der Waals surface area contributed by atoms with Gasteiger partial charge in [-0.05, 0) is 76.3 Å². The summed E-state index contributed by atoms with van der Waals surface area (Å²) in [4.78, 5) is 41.5. The summed E-state index contributed by atoms with van der Waals surface area (Å²) in [6.07, 6.45) is 33.7. The number of anilines is 1. The molecule has 0 aliphatic rings. The molecule has 1 rings (SSSR count). The van der Waals surface area contributed by atoms with Crippen LogP contribution in [0.2, 0.25) is 0 Å². The van der Waals surface area contributed by atoms with Gasteiger partial charge >= 0.3 is 6.15 Å². The summed E-state index contributed by atoms with van der Waals surface area (Å²) in [6.45, 7) is 8.26. The van der Waals surface area contributed by atoms with Crippen molar-refractivity contribution in [2.75, 3.05) is 5.32 Å². The van der Waals surface area contributed by atoms with Gasteiger partial charge in [-0.1, -0.05) is 111 Å². The van der Waals surface area contributed by atoms with Crippen LogP contribution >= 0.6 is 0 Å². The number of aryl methyl sites for hydroxylation is 1. The minimum absolute atomic E-state index is 0.0979. The fraction of sp³-hybridized carbons (Fsp3) is 0.417. The van der Waals surface area contributed by atoms with E-state index in [1.807, 2.05) is 37.3 Å². The van der Waals surface area contributed by atoms with Crippen molar-refractivity contribution in [3.8, 4) is 0 Å². The van der Waals surface area contributed by atoms with E-state index in [4.69, 9.17) is 9.59 Å². The lowest BCUT2D eigenvalue weighted by molar-refractivity contribution is -0.191. The standard InChI is InChI=1S/C35H50N2O2.CO2/c1-5-6-7-8-9-10-11-12-13-14-15-16-17-18-19-20-21-22-23-24-34(38)37-33(29-30(2)3)35(39)36-32-27-25-31(4)26-28-32;2-1-3/h6-7,9-10,12-13,15-16,18-19,21-22,25-28,30,33H,5,8,11,14,17,20,23-24,29H2,1-4H3,(H,36,39)(H,37,38);/b7-6-,10-9-,13-12-,16-15-,19-18-,22-21-;. The number of rotatable bonds is 19. The van der Waals surface area contributed by atoms with Crippen LogP contribution < -0.4 is 10.6 Å². The zero-order valence-electron chi connectivity index (χ0n) is 25.9. The Kier molecular flexibility index (Phi) is 24.6. The Hall–Kier alpha value is -4.02. The van der Waals surface area contributed by atoms with Gasteiger partial charge in [0.05, 0.1) is 0 Å². The molecule has 0 spiro atoms. The second kappa shape index (κ2) is 27.2. The molecule has 0 radical (unpaired) electrons. The van der Waals surface area contributed by atoms with Crippen LogP contribution in [0.4, 0.5) is 5.69 Å². The van der Waals surface area contributed by atoms with Crippen molar-refractivity contribution in [2.24, 2.45) is 5.92 Å². The normalized spacial score (nSPS) is 12.5. The van der Waals surface area contributed by atoms with E-state index in [1.54, 1.807) is 0 Å². The van der Waals surface area contributed by atoms with Gasteiger partial charge < -0.3 is 10.6 Å². The quantitative estimate of drug-likeness (QED) is 0.162. The molecule has 0 fully saturated rings. The highest BCUT2D eigenvalue weighted by Crippen LogP contribution is 2.12. The van der Waals surface area contributed by atoms with E-state index in [9.17, 15) is 9.59 Å². The fourth-order valence-corrected chi connectivity index (χ4v) is 3.69. The molecule has 0 saturated heterocycles. The fourth-order valence-electron chi connectivity index (χ4n) is 3.69. The third kappa shape index (κ3) is 23.8. The number of nitrogens with one attached hydrogen (secondary N) is 2. The lowest BCUT2D eigenvalue weighted by Crippen LogP contribution is -2.44. The van der Waals surface area contributed by atoms with E-state index in [1.165, 1.54) is 0 Å². The van der Waals surface area contributed by atoms with Gasteiger partial charge in [-0.2, -0.15) is 9.59 Å². The second-order valence-corrected chi connectivity index (χ2v) is 10.1. The van der Waals surface area contributed by atoms with Gasteiger partial charge in [0.15, 0.2) is 0 Å². The van der Waals surface area contributed by atoms with E-state index in [0.717, 1.165) is 49.8 Å². The summed E-state index contributed by atoms with van der Waals surface area (Å²) in [5, 5.41) is 5.84. The van der Waals surface area contributed by atoms with Gasteiger partial charge in [-0.15, -0.1) is 0 Å². The van der Waals surface area contributed by atoms with E-state index in [2.05, 4.69) is 98.2 Å². The number of amides is 2. The van der Waals surface area contributed by atoms with Crippen molar-refractivity contribution in [1.29, 1.82) is 0 Å². The van der Waals surface area contributed by atoms with Gasteiger partial charge in [0.2, 0.25) is 11.8 Å². The first kappa shape index (κ1) is 38.0. The molecule has 0 saturated carbocycles. The molecule has 2 N–H and O–H groups in total. The highest BCUT2D eigenvalue weighted by molar-refractivity contribution is 5.97. The van der Waals surface area contributed by atoms with Crippen LogP contribution in [0.25, 0.3) is 0 Å². The third-order valence-corrected chi connectivity index (χ3v) is 5.81. The number of benzene rings is 1. The summed E-state index contributed by atoms with van der Waals surface area (Å²) in [5.74, 6) is 0.0245. The molecular formula is C36H50N2O4. The number of hydrogen-bond donors (Lipinski definition) is 2. The van der Waals surface area contributed by atoms with Crippen LogP contribution in [-0.2, 0) is 19.2 Å². The first-order chi connectivity index (χ1) is 20.3. The van der Waals surface area contributed by atoms with Crippen LogP contribution in [0.5, 0.6) is 0 Å². The minimum atomic E-state index is -0.538. The molecule has 0 aromatic heterocycles. The zero-order valence-corrected chi connectivity index (χ0v) is 25.9. The van der Waals surface area contributed by atoms with E-state index >= 15 is 0 Å². The highest BCUT2D eigenvalue weighted by Gasteiger charge is 2.21. The van der Waals surface area contributed by atoms with Crippen LogP contribution in [0, 0.1) is 12.8 Å². The number of carbonyl (C=O) groups excluding carboxylic acids is 4. The van der Waals surface area contributed by atoms with Crippen molar-refractivity contribution in [3.63, 3.8) is 0 Å². The molecule has 1 unspecified atom stereocenters. The van der Waals surface area contributed by atoms with Crippen molar-refractivity contribution in [3.05, 3.63) is 103 Å². The van der Waals surface area contributed by atoms with Gasteiger partial charge in [0.25, 0.3) is 0 Å². The Bertz CT molecular complexity index is 1070. The smallest absolute Gasteiger partial charge is 0.344 e. The third-order valence-electron chi connectivity index (χ3n) is 5.81. The summed E-state index contributed by atoms with van der Waals surface area (Å²) >= 11 is 0. The average molecular weight is 575 g/mol. The van der Waals surface area contributed by atoms with E-state index < -0.39 is 6.04 Å². The van der Waals surface area contributed by atoms with E-state index in [0.29, 0.717) is 25.2 Å². The maximum atomic E-state index is 12.8. The largest absolute Gasteiger partial charge is 0.373 e. The Balaban J connectivity index is 0.00000535. The molecule has 1 aromatic carbocycles. The van der Waals surface area contributed by atoms with Gasteiger partial charge in [0, 0.05) is 12.1 Å². The highest BCUT2D eigenvalue weighted by atomic mass is 16.2. The monoisotopic (exact) mass is 574 g/mol. The molecule has 6 heteroatoms. The molecular weight excluding hydrogens is 524 g/mol. The molecule has 2 amide bonds. The summed E-state index contributed by atoms with van der Waals surface area (Å²) in [7, 11) is 0. The molecule has 0 heterocycles. The number of hydrogen-bond acceptors (Lipinski definition) is 4. The Morgan fingerprint density at radius 1 is 0.738 bits per heavy atom. The van der Waals surface area contributed by atoms with Crippen molar-refractivity contribution in [1.82, 2.24) is 5.32 Å². The lowest BCUT2D eigenvalue weighted by Gasteiger charge is -2.20. The second-order valence-electron chi connectivity index (χ2n) is 10.1. The predicted octanol–water partition coefficient (Wildman–Crippen LogP) is 8.36. The summed E-state index contributed by atoms with van der Waals surface area (Å²) in [5.41, 5.74) is 1.88. The van der Waals surface area contributed by atoms with Crippen molar-refractivity contribution >= 4 is 23.7 Å². The Labute approximate surface area is 253 Å². The van der Waals surface area contributed by atoms with Gasteiger partial charge in [-0.3, -0.25) is 9.59 Å². The van der Waals surface area contributed by atoms with Crippen molar-refractivity contribution < 1.29 is 19.2 Å². The summed E-state index contributed by atoms with van der Waals surface area (Å²) in [6, 6.07) is 7.13. The van der Waals surface area contributed by atoms with Gasteiger partial charge in [0.1, 0.15) is 6.04 Å². The van der Waals surface area contributed by atoms with E-state index in [-0.39, 0.29) is 18.0 Å². The maximum Gasteiger partial charge on any atom is 0.373 e. The average Bonchev–Trinajstić information content (AvgIpc) is 2.95. The SMILES string of the molecule is CC/C=C\C/C=C\C/C=C\C/C=C\C/C=C\C/C=C\CCC(=O)NC(CC(C)C)C(=O)Nc1ccc(C)cc1.O=C=O. The number of carbonyl (C=O) groups is 2. The molecule has 42 heavy (non-hydrogen) atoms. The predicted molar refractivity (Wildman–Crippen MR) is 174 cm³/mol. The first-order valence-electron chi connectivity index (χ1n) is 14.9. The molecule has 0 aliphatic heterocycles. The molecule has 1 aromatic rings. The minimum Gasteiger partial charge on any atom is -0.344 e. The first-order valence-corrected chi connectivity index (χ1v) is 14.9. The molecule has 0 aliphatic carbocycles. The lowest BCUT2D eigenvalue weighted by atomic mass is 10.0. The molecule has 1 atom stereocenters. The van der Waals surface area contributed by atoms with Crippen LogP contribution in [0.3, 0.4) is 0 Å².